The van der Waals surface area contributed by atoms with Gasteiger partial charge in [-0.1, -0.05) is 182 Å². The highest BCUT2D eigenvalue weighted by Crippen LogP contribution is 2.41. The summed E-state index contributed by atoms with van der Waals surface area (Å²) in [5, 5.41) is 6.66. The second-order valence-electron chi connectivity index (χ2n) is 13.2. The van der Waals surface area contributed by atoms with Crippen molar-refractivity contribution in [2.45, 2.75) is 24.8 Å². The molecule has 0 heterocycles. The molecule has 6 nitrogen and oxygen atoms in total. The molecule has 7 aromatic carbocycles. The van der Waals surface area contributed by atoms with Gasteiger partial charge in [-0.05, 0) is 74.4 Å². The SMILES string of the molecule is CCOC(C)=O.O=C(NC(c1ccccc1)(c1ccccc1)c1ccccc1)c1cc(NC(=O)C(c2ccccc2)(c2ccccc2)c2ccccc2)ccc1Br. The smallest absolute Gasteiger partial charge is 0.302 e. The topological polar surface area (TPSA) is 84.5 Å². The lowest BCUT2D eigenvalue weighted by atomic mass is 9.68. The molecule has 0 aliphatic carbocycles. The van der Waals surface area contributed by atoms with E-state index in [9.17, 15) is 14.4 Å². The van der Waals surface area contributed by atoms with Crippen LogP contribution in [0.15, 0.2) is 205 Å². The molecule has 0 bridgehead atoms. The number of amides is 2. The number of nitrogens with one attached hydrogen (secondary N) is 2. The summed E-state index contributed by atoms with van der Waals surface area (Å²) in [7, 11) is 0. The number of benzene rings is 7. The monoisotopic (exact) mass is 814 g/mol. The van der Waals surface area contributed by atoms with Gasteiger partial charge in [0.2, 0.25) is 5.91 Å². The number of hydrogen-bond acceptors (Lipinski definition) is 4. The van der Waals surface area contributed by atoms with Gasteiger partial charge in [-0.15, -0.1) is 0 Å². The van der Waals surface area contributed by atoms with Crippen LogP contribution in [-0.2, 0) is 25.3 Å². The van der Waals surface area contributed by atoms with Crippen LogP contribution in [0.4, 0.5) is 5.69 Å². The number of carbonyl (C=O) groups is 3. The Labute approximate surface area is 342 Å². The maximum Gasteiger partial charge on any atom is 0.302 e. The molecular formula is C50H43BrN2O4. The van der Waals surface area contributed by atoms with E-state index in [-0.39, 0.29) is 17.8 Å². The van der Waals surface area contributed by atoms with Gasteiger partial charge >= 0.3 is 5.97 Å². The van der Waals surface area contributed by atoms with Gasteiger partial charge in [0.1, 0.15) is 11.0 Å². The average molecular weight is 816 g/mol. The Morgan fingerprint density at radius 2 is 0.877 bits per heavy atom. The lowest BCUT2D eigenvalue weighted by molar-refractivity contribution is -0.140. The predicted molar refractivity (Wildman–Crippen MR) is 231 cm³/mol. The Kier molecular flexibility index (Phi) is 13.3. The van der Waals surface area contributed by atoms with Crippen LogP contribution in [0.2, 0.25) is 0 Å². The number of hydrogen-bond donors (Lipinski definition) is 2. The van der Waals surface area contributed by atoms with Gasteiger partial charge in [0, 0.05) is 17.1 Å². The summed E-state index contributed by atoms with van der Waals surface area (Å²) >= 11 is 3.65. The molecule has 0 aromatic heterocycles. The minimum absolute atomic E-state index is 0.211. The van der Waals surface area contributed by atoms with Crippen LogP contribution in [0, 0.1) is 0 Å². The first-order chi connectivity index (χ1) is 27.8. The van der Waals surface area contributed by atoms with Crippen molar-refractivity contribution in [2.24, 2.45) is 0 Å². The molecule has 7 aromatic rings. The zero-order valence-electron chi connectivity index (χ0n) is 31.8. The molecule has 7 heteroatoms. The van der Waals surface area contributed by atoms with Crippen LogP contribution < -0.4 is 10.6 Å². The van der Waals surface area contributed by atoms with Gasteiger partial charge in [-0.25, -0.2) is 0 Å². The van der Waals surface area contributed by atoms with Crippen LogP contribution in [0.5, 0.6) is 0 Å². The van der Waals surface area contributed by atoms with Gasteiger partial charge in [-0.3, -0.25) is 14.4 Å². The van der Waals surface area contributed by atoms with E-state index in [1.54, 1.807) is 19.1 Å². The third-order valence-corrected chi connectivity index (χ3v) is 10.4. The molecule has 0 atom stereocenters. The number of carbonyl (C=O) groups excluding carboxylic acids is 3. The van der Waals surface area contributed by atoms with E-state index in [1.165, 1.54) is 6.92 Å². The maximum absolute atomic E-state index is 15.0. The van der Waals surface area contributed by atoms with E-state index in [4.69, 9.17) is 0 Å². The van der Waals surface area contributed by atoms with Crippen LogP contribution in [0.3, 0.4) is 0 Å². The van der Waals surface area contributed by atoms with Crippen molar-refractivity contribution in [3.8, 4) is 0 Å². The second-order valence-corrected chi connectivity index (χ2v) is 14.1. The standard InChI is InChI=1S/C46H35BrN2O2.C4H8O2/c47-42-32-31-40(48-44(51)45(34-19-7-1-8-20-34,35-21-9-2-10-22-35)36-23-11-3-12-24-36)33-41(42)43(50)49-46(37-25-13-4-14-26-37,38-27-15-5-16-28-38)39-29-17-6-18-30-39;1-3-6-4(2)5/h1-33H,(H,48,51)(H,49,50);3H2,1-2H3. The van der Waals surface area contributed by atoms with E-state index < -0.39 is 11.0 Å². The first-order valence-electron chi connectivity index (χ1n) is 18.7. The van der Waals surface area contributed by atoms with E-state index in [1.807, 2.05) is 188 Å². The fourth-order valence-electron chi connectivity index (χ4n) is 7.18. The molecule has 2 amide bonds. The molecule has 57 heavy (non-hydrogen) atoms. The zero-order chi connectivity index (χ0) is 40.1. The quantitative estimate of drug-likeness (QED) is 0.101. The third kappa shape index (κ3) is 8.80. The van der Waals surface area contributed by atoms with Crippen molar-refractivity contribution < 1.29 is 19.1 Å². The predicted octanol–water partition coefficient (Wildman–Crippen LogP) is 10.7. The normalized spacial score (nSPS) is 11.0. The van der Waals surface area contributed by atoms with E-state index in [0.717, 1.165) is 33.4 Å². The summed E-state index contributed by atoms with van der Waals surface area (Å²) in [6.07, 6.45) is 0. The Morgan fingerprint density at radius 1 is 0.526 bits per heavy atom. The van der Waals surface area contributed by atoms with Crippen LogP contribution in [0.25, 0.3) is 0 Å². The number of rotatable bonds is 11. The summed E-state index contributed by atoms with van der Waals surface area (Å²) in [6, 6.07) is 64.7. The maximum atomic E-state index is 15.0. The first-order valence-corrected chi connectivity index (χ1v) is 19.5. The summed E-state index contributed by atoms with van der Waals surface area (Å²) in [4.78, 5) is 39.4. The number of ether oxygens (including phenoxy) is 1. The van der Waals surface area contributed by atoms with Crippen molar-refractivity contribution in [2.75, 3.05) is 11.9 Å². The van der Waals surface area contributed by atoms with Crippen LogP contribution in [0.1, 0.15) is 57.6 Å². The molecule has 0 aliphatic rings. The number of esters is 1. The van der Waals surface area contributed by atoms with Crippen molar-refractivity contribution in [1.82, 2.24) is 5.32 Å². The van der Waals surface area contributed by atoms with Crippen LogP contribution >= 0.6 is 15.9 Å². The Morgan fingerprint density at radius 3 is 1.19 bits per heavy atom. The highest BCUT2D eigenvalue weighted by molar-refractivity contribution is 9.10. The lowest BCUT2D eigenvalue weighted by Crippen LogP contribution is -2.48. The van der Waals surface area contributed by atoms with Gasteiger partial charge in [0.25, 0.3) is 5.91 Å². The number of halogens is 1. The van der Waals surface area contributed by atoms with Gasteiger partial charge < -0.3 is 15.4 Å². The average Bonchev–Trinajstić information content (AvgIpc) is 3.26. The lowest BCUT2D eigenvalue weighted by Gasteiger charge is -2.37. The fraction of sp³-hybridized carbons (Fsp3) is 0.100. The Balaban J connectivity index is 0.000000850. The van der Waals surface area contributed by atoms with Crippen molar-refractivity contribution in [3.05, 3.63) is 244 Å². The molecule has 7 rings (SSSR count). The molecule has 0 saturated carbocycles. The van der Waals surface area contributed by atoms with E-state index in [0.29, 0.717) is 22.3 Å². The second kappa shape index (κ2) is 18.8. The highest BCUT2D eigenvalue weighted by atomic mass is 79.9. The Bertz CT molecular complexity index is 2180. The molecule has 0 fully saturated rings. The van der Waals surface area contributed by atoms with Crippen molar-refractivity contribution >= 4 is 39.4 Å². The molecular weight excluding hydrogens is 772 g/mol. The molecule has 0 aliphatic heterocycles. The van der Waals surface area contributed by atoms with Crippen LogP contribution in [-0.4, -0.2) is 24.4 Å². The van der Waals surface area contributed by atoms with Gasteiger partial charge in [0.05, 0.1) is 12.2 Å². The largest absolute Gasteiger partial charge is 0.466 e. The highest BCUT2D eigenvalue weighted by Gasteiger charge is 2.44. The van der Waals surface area contributed by atoms with Crippen molar-refractivity contribution in [3.63, 3.8) is 0 Å². The summed E-state index contributed by atoms with van der Waals surface area (Å²) < 4.78 is 5.00. The van der Waals surface area contributed by atoms with Gasteiger partial charge in [-0.2, -0.15) is 0 Å². The third-order valence-electron chi connectivity index (χ3n) is 9.70. The van der Waals surface area contributed by atoms with Crippen molar-refractivity contribution in [1.29, 1.82) is 0 Å². The minimum atomic E-state index is -1.18. The molecule has 284 valence electrons. The molecule has 0 saturated heterocycles. The zero-order valence-corrected chi connectivity index (χ0v) is 33.4. The summed E-state index contributed by atoms with van der Waals surface area (Å²) in [5.41, 5.74) is 3.90. The molecule has 0 unspecified atom stereocenters. The summed E-state index contributed by atoms with van der Waals surface area (Å²) in [6.45, 7) is 3.65. The molecule has 2 N–H and O–H groups in total. The molecule has 0 spiro atoms. The number of anilines is 1. The first kappa shape index (κ1) is 40.1. The Hall–Kier alpha value is -6.57. The van der Waals surface area contributed by atoms with E-state index >= 15 is 0 Å². The molecule has 0 radical (unpaired) electrons. The summed E-state index contributed by atoms with van der Waals surface area (Å²) in [5.74, 6) is -0.764. The van der Waals surface area contributed by atoms with Gasteiger partial charge in [0.15, 0.2) is 0 Å². The van der Waals surface area contributed by atoms with E-state index in [2.05, 4.69) is 31.3 Å². The minimum Gasteiger partial charge on any atom is -0.466 e. The fourth-order valence-corrected chi connectivity index (χ4v) is 7.61.